The molecule has 0 saturated heterocycles. The van der Waals surface area contributed by atoms with Gasteiger partial charge in [0.05, 0.1) is 30.7 Å². The van der Waals surface area contributed by atoms with E-state index in [2.05, 4.69) is 24.0 Å². The molecule has 0 bridgehead atoms. The SMILES string of the molecule is CCC(CC)n1ccc(Cn2cc(O)cn2)n1. The zero-order chi connectivity index (χ0) is 12.3. The zero-order valence-corrected chi connectivity index (χ0v) is 10.2. The van der Waals surface area contributed by atoms with Crippen LogP contribution < -0.4 is 0 Å². The summed E-state index contributed by atoms with van der Waals surface area (Å²) in [7, 11) is 0. The summed E-state index contributed by atoms with van der Waals surface area (Å²) in [6.07, 6.45) is 7.20. The highest BCUT2D eigenvalue weighted by atomic mass is 16.3. The highest BCUT2D eigenvalue weighted by Gasteiger charge is 2.08. The molecule has 5 heteroatoms. The van der Waals surface area contributed by atoms with Crippen molar-refractivity contribution in [3.8, 4) is 5.75 Å². The molecule has 0 aromatic carbocycles. The predicted octanol–water partition coefficient (Wildman–Crippen LogP) is 2.19. The Hall–Kier alpha value is -1.78. The van der Waals surface area contributed by atoms with Crippen LogP contribution in [0.15, 0.2) is 24.7 Å². The summed E-state index contributed by atoms with van der Waals surface area (Å²) in [6, 6.07) is 2.46. The van der Waals surface area contributed by atoms with E-state index in [1.165, 1.54) is 6.20 Å². The molecular weight excluding hydrogens is 216 g/mol. The number of aromatic hydroxyl groups is 1. The summed E-state index contributed by atoms with van der Waals surface area (Å²) < 4.78 is 3.69. The zero-order valence-electron chi connectivity index (χ0n) is 10.2. The van der Waals surface area contributed by atoms with Crippen LogP contribution in [-0.2, 0) is 6.54 Å². The van der Waals surface area contributed by atoms with E-state index in [0.717, 1.165) is 18.5 Å². The molecule has 5 nitrogen and oxygen atoms in total. The van der Waals surface area contributed by atoms with E-state index in [9.17, 15) is 5.11 Å². The molecule has 2 aromatic heterocycles. The van der Waals surface area contributed by atoms with Crippen molar-refractivity contribution in [1.82, 2.24) is 19.6 Å². The molecule has 0 spiro atoms. The van der Waals surface area contributed by atoms with Gasteiger partial charge in [-0.2, -0.15) is 10.2 Å². The van der Waals surface area contributed by atoms with Gasteiger partial charge in [0.1, 0.15) is 0 Å². The third kappa shape index (κ3) is 2.67. The minimum atomic E-state index is 0.185. The second kappa shape index (κ2) is 5.03. The van der Waals surface area contributed by atoms with Crippen LogP contribution in [0.1, 0.15) is 38.4 Å². The number of aromatic nitrogens is 4. The maximum atomic E-state index is 9.19. The average molecular weight is 234 g/mol. The van der Waals surface area contributed by atoms with E-state index < -0.39 is 0 Å². The average Bonchev–Trinajstić information content (AvgIpc) is 2.91. The van der Waals surface area contributed by atoms with Gasteiger partial charge < -0.3 is 5.11 Å². The number of hydrogen-bond acceptors (Lipinski definition) is 3. The molecule has 0 radical (unpaired) electrons. The Balaban J connectivity index is 2.08. The molecule has 0 aliphatic rings. The minimum Gasteiger partial charge on any atom is -0.505 e. The smallest absolute Gasteiger partial charge is 0.153 e. The lowest BCUT2D eigenvalue weighted by Gasteiger charge is -2.12. The van der Waals surface area contributed by atoms with Crippen molar-refractivity contribution in [2.45, 2.75) is 39.3 Å². The molecule has 0 amide bonds. The van der Waals surface area contributed by atoms with Gasteiger partial charge in [-0.1, -0.05) is 13.8 Å². The molecule has 2 rings (SSSR count). The van der Waals surface area contributed by atoms with Crippen molar-refractivity contribution in [1.29, 1.82) is 0 Å². The molecule has 0 saturated carbocycles. The molecule has 92 valence electrons. The Morgan fingerprint density at radius 1 is 1.35 bits per heavy atom. The molecule has 2 heterocycles. The first-order valence-electron chi connectivity index (χ1n) is 5.98. The Kier molecular flexibility index (Phi) is 3.46. The largest absolute Gasteiger partial charge is 0.505 e. The van der Waals surface area contributed by atoms with E-state index in [1.54, 1.807) is 10.9 Å². The fraction of sp³-hybridized carbons (Fsp3) is 0.500. The van der Waals surface area contributed by atoms with Crippen LogP contribution in [0.5, 0.6) is 5.75 Å². The fourth-order valence-corrected chi connectivity index (χ4v) is 1.93. The van der Waals surface area contributed by atoms with Gasteiger partial charge in [0.2, 0.25) is 0 Å². The summed E-state index contributed by atoms with van der Waals surface area (Å²) in [6.45, 7) is 4.93. The van der Waals surface area contributed by atoms with E-state index >= 15 is 0 Å². The van der Waals surface area contributed by atoms with Gasteiger partial charge in [-0.3, -0.25) is 9.36 Å². The van der Waals surface area contributed by atoms with Crippen molar-refractivity contribution in [3.63, 3.8) is 0 Å². The molecule has 17 heavy (non-hydrogen) atoms. The van der Waals surface area contributed by atoms with Crippen molar-refractivity contribution >= 4 is 0 Å². The monoisotopic (exact) mass is 234 g/mol. The molecule has 1 N–H and O–H groups in total. The number of nitrogens with zero attached hydrogens (tertiary/aromatic N) is 4. The summed E-state index contributed by atoms with van der Waals surface area (Å²) in [5, 5.41) is 17.7. The lowest BCUT2D eigenvalue weighted by Crippen LogP contribution is -2.09. The van der Waals surface area contributed by atoms with Gasteiger partial charge in [-0.05, 0) is 18.9 Å². The third-order valence-corrected chi connectivity index (χ3v) is 2.92. The first-order valence-corrected chi connectivity index (χ1v) is 5.98. The molecule has 0 aliphatic carbocycles. The van der Waals surface area contributed by atoms with Gasteiger partial charge >= 0.3 is 0 Å². The molecular formula is C12H18N4O. The highest BCUT2D eigenvalue weighted by Crippen LogP contribution is 2.15. The normalized spacial score (nSPS) is 11.2. The van der Waals surface area contributed by atoms with Crippen molar-refractivity contribution in [3.05, 3.63) is 30.4 Å². The Labute approximate surface area is 101 Å². The Morgan fingerprint density at radius 3 is 2.71 bits per heavy atom. The number of rotatable bonds is 5. The van der Waals surface area contributed by atoms with E-state index in [-0.39, 0.29) is 5.75 Å². The lowest BCUT2D eigenvalue weighted by molar-refractivity contribution is 0.424. The van der Waals surface area contributed by atoms with Crippen LogP contribution in [0.3, 0.4) is 0 Å². The topological polar surface area (TPSA) is 55.9 Å². The third-order valence-electron chi connectivity index (χ3n) is 2.92. The van der Waals surface area contributed by atoms with E-state index in [4.69, 9.17) is 0 Å². The molecule has 0 unspecified atom stereocenters. The second-order valence-corrected chi connectivity index (χ2v) is 4.15. The first kappa shape index (κ1) is 11.7. The van der Waals surface area contributed by atoms with Gasteiger partial charge in [0.15, 0.2) is 5.75 Å². The van der Waals surface area contributed by atoms with Crippen LogP contribution in [0.4, 0.5) is 0 Å². The molecule has 2 aromatic rings. The van der Waals surface area contributed by atoms with Gasteiger partial charge in [0, 0.05) is 6.20 Å². The van der Waals surface area contributed by atoms with E-state index in [1.807, 2.05) is 16.9 Å². The summed E-state index contributed by atoms with van der Waals surface area (Å²) >= 11 is 0. The molecule has 0 fully saturated rings. The predicted molar refractivity (Wildman–Crippen MR) is 64.8 cm³/mol. The Morgan fingerprint density at radius 2 is 2.12 bits per heavy atom. The van der Waals surface area contributed by atoms with Crippen LogP contribution in [0.25, 0.3) is 0 Å². The maximum Gasteiger partial charge on any atom is 0.153 e. The van der Waals surface area contributed by atoms with Crippen molar-refractivity contribution in [2.24, 2.45) is 0 Å². The number of hydrogen-bond donors (Lipinski definition) is 1. The maximum absolute atomic E-state index is 9.19. The summed E-state index contributed by atoms with van der Waals surface area (Å²) in [5.41, 5.74) is 0.958. The summed E-state index contributed by atoms with van der Waals surface area (Å²) in [4.78, 5) is 0. The van der Waals surface area contributed by atoms with Gasteiger partial charge in [-0.25, -0.2) is 0 Å². The lowest BCUT2D eigenvalue weighted by atomic mass is 10.2. The molecule has 0 atom stereocenters. The van der Waals surface area contributed by atoms with Crippen molar-refractivity contribution in [2.75, 3.05) is 0 Å². The van der Waals surface area contributed by atoms with Gasteiger partial charge in [-0.15, -0.1) is 0 Å². The van der Waals surface area contributed by atoms with Crippen LogP contribution in [-0.4, -0.2) is 24.7 Å². The Bertz CT molecular complexity index is 470. The second-order valence-electron chi connectivity index (χ2n) is 4.15. The highest BCUT2D eigenvalue weighted by molar-refractivity contribution is 5.10. The minimum absolute atomic E-state index is 0.185. The van der Waals surface area contributed by atoms with Crippen LogP contribution in [0, 0.1) is 0 Å². The van der Waals surface area contributed by atoms with Crippen LogP contribution >= 0.6 is 0 Å². The molecule has 0 aliphatic heterocycles. The van der Waals surface area contributed by atoms with Crippen molar-refractivity contribution < 1.29 is 5.11 Å². The first-order chi connectivity index (χ1) is 8.22. The standard InChI is InChI=1S/C12H18N4O/c1-3-11(4-2)16-6-5-10(14-16)8-15-9-12(17)7-13-15/h5-7,9,11,17H,3-4,8H2,1-2H3. The fourth-order valence-electron chi connectivity index (χ4n) is 1.93. The van der Waals surface area contributed by atoms with Gasteiger partial charge in [0.25, 0.3) is 0 Å². The van der Waals surface area contributed by atoms with E-state index in [0.29, 0.717) is 12.6 Å². The summed E-state index contributed by atoms with van der Waals surface area (Å²) in [5.74, 6) is 0.185. The quantitative estimate of drug-likeness (QED) is 0.862. The van der Waals surface area contributed by atoms with Crippen LogP contribution in [0.2, 0.25) is 0 Å².